The molecule has 0 unspecified atom stereocenters. The van der Waals surface area contributed by atoms with Gasteiger partial charge in [0.2, 0.25) is 10.0 Å². The summed E-state index contributed by atoms with van der Waals surface area (Å²) in [6.07, 6.45) is -0.0497. The van der Waals surface area contributed by atoms with Crippen LogP contribution in [0.15, 0.2) is 47.8 Å². The number of Topliss-reactive ketones (excluding diaryl/α,β-unsaturated/α-hetero) is 1. The molecule has 0 aliphatic rings. The summed E-state index contributed by atoms with van der Waals surface area (Å²) in [6.45, 7) is 1.74. The zero-order valence-electron chi connectivity index (χ0n) is 16.2. The molecule has 0 radical (unpaired) electrons. The van der Waals surface area contributed by atoms with Gasteiger partial charge >= 0.3 is 6.18 Å². The third-order valence-electron chi connectivity index (χ3n) is 4.18. The van der Waals surface area contributed by atoms with Gasteiger partial charge in [0.15, 0.2) is 5.78 Å². The summed E-state index contributed by atoms with van der Waals surface area (Å²) in [7, 11) is -4.06. The molecule has 0 aliphatic carbocycles. The molecular formula is C19H17F3N4O3S2. The van der Waals surface area contributed by atoms with Crippen molar-refractivity contribution in [3.63, 3.8) is 0 Å². The highest BCUT2D eigenvalue weighted by atomic mass is 32.2. The number of aromatic nitrogens is 3. The zero-order chi connectivity index (χ0) is 22.6. The fourth-order valence-electron chi connectivity index (χ4n) is 2.55. The van der Waals surface area contributed by atoms with E-state index in [0.29, 0.717) is 24.2 Å². The minimum absolute atomic E-state index is 0.144. The maximum Gasteiger partial charge on any atom is 0.433 e. The van der Waals surface area contributed by atoms with E-state index < -0.39 is 26.8 Å². The van der Waals surface area contributed by atoms with E-state index in [1.165, 1.54) is 23.6 Å². The van der Waals surface area contributed by atoms with Gasteiger partial charge in [-0.2, -0.15) is 13.2 Å². The highest BCUT2D eigenvalue weighted by Crippen LogP contribution is 2.27. The molecule has 31 heavy (non-hydrogen) atoms. The van der Waals surface area contributed by atoms with Gasteiger partial charge in [-0.3, -0.25) is 14.8 Å². The van der Waals surface area contributed by atoms with Crippen LogP contribution in [0.2, 0.25) is 0 Å². The summed E-state index contributed by atoms with van der Waals surface area (Å²) in [6, 6.07) is 4.50. The first-order valence-corrected chi connectivity index (χ1v) is 11.3. The van der Waals surface area contributed by atoms with E-state index >= 15 is 0 Å². The molecule has 0 spiro atoms. The van der Waals surface area contributed by atoms with E-state index in [-0.39, 0.29) is 24.4 Å². The Labute approximate surface area is 180 Å². The van der Waals surface area contributed by atoms with Gasteiger partial charge < -0.3 is 0 Å². The predicted octanol–water partition coefficient (Wildman–Crippen LogP) is 3.55. The number of carbonyl (C=O) groups excluding carboxylic acids is 1. The lowest BCUT2D eigenvalue weighted by atomic mass is 10.1. The normalized spacial score (nSPS) is 12.1. The minimum atomic E-state index is -4.65. The molecule has 0 saturated heterocycles. The molecule has 0 saturated carbocycles. The first kappa shape index (κ1) is 23.0. The van der Waals surface area contributed by atoms with E-state index in [2.05, 4.69) is 19.7 Å². The van der Waals surface area contributed by atoms with Crippen LogP contribution in [-0.2, 0) is 29.2 Å². The van der Waals surface area contributed by atoms with E-state index in [0.717, 1.165) is 16.0 Å². The highest BCUT2D eigenvalue weighted by molar-refractivity contribution is 7.89. The Morgan fingerprint density at radius 2 is 1.84 bits per heavy atom. The van der Waals surface area contributed by atoms with E-state index in [1.807, 2.05) is 6.92 Å². The molecule has 3 aromatic rings. The fraction of sp³-hybridized carbons (Fsp3) is 0.263. The summed E-state index contributed by atoms with van der Waals surface area (Å²) in [4.78, 5) is 24.2. The lowest BCUT2D eigenvalue weighted by Crippen LogP contribution is -2.24. The van der Waals surface area contributed by atoms with E-state index in [1.54, 1.807) is 12.3 Å². The molecule has 12 heteroatoms. The van der Waals surface area contributed by atoms with E-state index in [4.69, 9.17) is 0 Å². The molecule has 1 N–H and O–H groups in total. The quantitative estimate of drug-likeness (QED) is 0.505. The minimum Gasteiger partial charge on any atom is -0.292 e. The van der Waals surface area contributed by atoms with Crippen molar-refractivity contribution < 1.29 is 26.4 Å². The maximum absolute atomic E-state index is 12.5. The Bertz CT molecular complexity index is 1160. The molecule has 3 aromatic heterocycles. The molecule has 164 valence electrons. The summed E-state index contributed by atoms with van der Waals surface area (Å²) in [5.41, 5.74) is -0.431. The SMILES string of the molecule is Cc1ncc(CCC(=O)c2ccc(CNS(=O)(=O)c3ccc(C(F)(F)F)nc3)cn2)s1. The number of nitrogens with one attached hydrogen (secondary N) is 1. The summed E-state index contributed by atoms with van der Waals surface area (Å²) in [5, 5.41) is 0.930. The Morgan fingerprint density at radius 3 is 2.39 bits per heavy atom. The van der Waals surface area contributed by atoms with Crippen LogP contribution in [-0.4, -0.2) is 29.2 Å². The first-order chi connectivity index (χ1) is 14.5. The van der Waals surface area contributed by atoms with Gasteiger partial charge in [-0.05, 0) is 37.1 Å². The number of hydrogen-bond acceptors (Lipinski definition) is 7. The van der Waals surface area contributed by atoms with Crippen molar-refractivity contribution in [1.82, 2.24) is 19.7 Å². The van der Waals surface area contributed by atoms with Crippen LogP contribution in [0.3, 0.4) is 0 Å². The number of aryl methyl sites for hydroxylation is 2. The third-order valence-corrected chi connectivity index (χ3v) is 6.54. The smallest absolute Gasteiger partial charge is 0.292 e. The zero-order valence-corrected chi connectivity index (χ0v) is 17.8. The molecule has 3 heterocycles. The molecule has 0 fully saturated rings. The van der Waals surface area contributed by atoms with Gasteiger partial charge in [-0.25, -0.2) is 18.1 Å². The van der Waals surface area contributed by atoms with Gasteiger partial charge in [0.05, 0.1) is 5.01 Å². The van der Waals surface area contributed by atoms with Gasteiger partial charge in [0, 0.05) is 36.4 Å². The lowest BCUT2D eigenvalue weighted by molar-refractivity contribution is -0.141. The predicted molar refractivity (Wildman–Crippen MR) is 107 cm³/mol. The number of rotatable bonds is 8. The summed E-state index contributed by atoms with van der Waals surface area (Å²) < 4.78 is 64.4. The number of pyridine rings is 2. The summed E-state index contributed by atoms with van der Waals surface area (Å²) >= 11 is 1.53. The van der Waals surface area contributed by atoms with Crippen molar-refractivity contribution in [2.45, 2.75) is 37.4 Å². The maximum atomic E-state index is 12.5. The van der Waals surface area contributed by atoms with Crippen LogP contribution < -0.4 is 4.72 Å². The van der Waals surface area contributed by atoms with Crippen molar-refractivity contribution in [1.29, 1.82) is 0 Å². The van der Waals surface area contributed by atoms with Crippen molar-refractivity contribution in [2.24, 2.45) is 0 Å². The molecule has 0 aliphatic heterocycles. The average Bonchev–Trinajstić information content (AvgIpc) is 3.15. The van der Waals surface area contributed by atoms with Crippen LogP contribution in [0.4, 0.5) is 13.2 Å². The lowest BCUT2D eigenvalue weighted by Gasteiger charge is -2.09. The molecule has 7 nitrogen and oxygen atoms in total. The Hall–Kier alpha value is -2.70. The van der Waals surface area contributed by atoms with Crippen molar-refractivity contribution >= 4 is 27.1 Å². The Kier molecular flexibility index (Phi) is 6.82. The highest BCUT2D eigenvalue weighted by Gasteiger charge is 2.32. The number of sulfonamides is 1. The summed E-state index contributed by atoms with van der Waals surface area (Å²) in [5.74, 6) is -0.144. The number of carbonyl (C=O) groups is 1. The van der Waals surface area contributed by atoms with Crippen LogP contribution in [0.5, 0.6) is 0 Å². The third kappa shape index (κ3) is 6.15. The number of nitrogens with zero attached hydrogens (tertiary/aromatic N) is 3. The van der Waals surface area contributed by atoms with Gasteiger partial charge in [-0.1, -0.05) is 6.07 Å². The van der Waals surface area contributed by atoms with Gasteiger partial charge in [-0.15, -0.1) is 11.3 Å². The van der Waals surface area contributed by atoms with Gasteiger partial charge in [0.1, 0.15) is 16.3 Å². The second-order valence-corrected chi connectivity index (χ2v) is 9.61. The largest absolute Gasteiger partial charge is 0.433 e. The standard InChI is InChI=1S/C19H17F3N4O3S2/c1-12-23-10-14(30-12)3-6-17(27)16-5-2-13(8-24-16)9-26-31(28,29)15-4-7-18(25-11-15)19(20,21)22/h2,4-5,7-8,10-11,26H,3,6,9H2,1H3. The van der Waals surface area contributed by atoms with Crippen molar-refractivity contribution in [3.05, 3.63) is 69.7 Å². The number of ketones is 1. The Morgan fingerprint density at radius 1 is 1.06 bits per heavy atom. The van der Waals surface area contributed by atoms with Crippen LogP contribution >= 0.6 is 11.3 Å². The van der Waals surface area contributed by atoms with Crippen molar-refractivity contribution in [2.75, 3.05) is 0 Å². The van der Waals surface area contributed by atoms with Crippen LogP contribution in [0, 0.1) is 6.92 Å². The second-order valence-electron chi connectivity index (χ2n) is 6.52. The van der Waals surface area contributed by atoms with Gasteiger partial charge in [0.25, 0.3) is 0 Å². The van der Waals surface area contributed by atoms with Crippen LogP contribution in [0.1, 0.15) is 38.1 Å². The fourth-order valence-corrected chi connectivity index (χ4v) is 4.30. The number of hydrogen-bond donors (Lipinski definition) is 1. The van der Waals surface area contributed by atoms with Crippen molar-refractivity contribution in [3.8, 4) is 0 Å². The number of thiazole rings is 1. The monoisotopic (exact) mass is 470 g/mol. The molecular weight excluding hydrogens is 453 g/mol. The van der Waals surface area contributed by atoms with Crippen LogP contribution in [0.25, 0.3) is 0 Å². The van der Waals surface area contributed by atoms with E-state index in [9.17, 15) is 26.4 Å². The molecule has 0 bridgehead atoms. The molecule has 3 rings (SSSR count). The Balaban J connectivity index is 1.57. The average molecular weight is 470 g/mol. The topological polar surface area (TPSA) is 102 Å². The second kappa shape index (κ2) is 9.20. The first-order valence-electron chi connectivity index (χ1n) is 8.97. The number of alkyl halides is 3. The number of halogens is 3. The molecule has 0 aromatic carbocycles. The molecule has 0 amide bonds. The molecule has 0 atom stereocenters.